The molecule has 9 heteroatoms. The Labute approximate surface area is 187 Å². The zero-order valence-electron chi connectivity index (χ0n) is 17.3. The Morgan fingerprint density at radius 1 is 0.879 bits per heavy atom. The van der Waals surface area contributed by atoms with Crippen molar-refractivity contribution in [3.05, 3.63) is 77.4 Å². The Hall–Kier alpha value is -4.66. The van der Waals surface area contributed by atoms with Crippen molar-refractivity contribution in [1.82, 2.24) is 0 Å². The van der Waals surface area contributed by atoms with Gasteiger partial charge in [-0.3, -0.25) is 19.2 Å². The lowest BCUT2D eigenvalue weighted by molar-refractivity contribution is -0.131. The number of hydrogen-bond donors (Lipinski definition) is 1. The summed E-state index contributed by atoms with van der Waals surface area (Å²) in [6, 6.07) is 15.3. The summed E-state index contributed by atoms with van der Waals surface area (Å²) in [5.74, 6) is -0.555. The van der Waals surface area contributed by atoms with Gasteiger partial charge in [-0.1, -0.05) is 0 Å². The fourth-order valence-electron chi connectivity index (χ4n) is 3.62. The van der Waals surface area contributed by atoms with Gasteiger partial charge in [-0.2, -0.15) is 0 Å². The number of amides is 3. The van der Waals surface area contributed by atoms with Gasteiger partial charge in [0.1, 0.15) is 5.75 Å². The fraction of sp³-hybridized carbons (Fsp3) is 0.0833. The minimum atomic E-state index is -0.548. The van der Waals surface area contributed by atoms with Crippen LogP contribution in [0.25, 0.3) is 0 Å². The van der Waals surface area contributed by atoms with Crippen molar-refractivity contribution in [2.45, 2.75) is 6.92 Å². The van der Waals surface area contributed by atoms with Gasteiger partial charge in [-0.15, -0.1) is 0 Å². The summed E-state index contributed by atoms with van der Waals surface area (Å²) in [4.78, 5) is 50.7. The topological polar surface area (TPSA) is 111 Å². The molecule has 0 bridgehead atoms. The lowest BCUT2D eigenvalue weighted by atomic mass is 10.1. The molecule has 2 aliphatic rings. The maximum absolute atomic E-state index is 13.0. The highest BCUT2D eigenvalue weighted by molar-refractivity contribution is 6.34. The third-order valence-electron chi connectivity index (χ3n) is 5.14. The molecular formula is C24H16N2O7. The number of carbonyl (C=O) groups excluding carboxylic acids is 4. The van der Waals surface area contributed by atoms with Crippen LogP contribution in [-0.4, -0.2) is 30.5 Å². The zero-order valence-corrected chi connectivity index (χ0v) is 17.3. The molecule has 2 aliphatic heterocycles. The van der Waals surface area contributed by atoms with E-state index in [-0.39, 0.29) is 23.5 Å². The number of anilines is 2. The maximum atomic E-state index is 13.0. The molecule has 164 valence electrons. The predicted octanol–water partition coefficient (Wildman–Crippen LogP) is 3.39. The van der Waals surface area contributed by atoms with Crippen molar-refractivity contribution in [2.24, 2.45) is 0 Å². The first kappa shape index (κ1) is 20.3. The third kappa shape index (κ3) is 3.65. The van der Waals surface area contributed by atoms with Crippen LogP contribution in [-0.2, 0) is 4.79 Å². The number of esters is 1. The summed E-state index contributed by atoms with van der Waals surface area (Å²) >= 11 is 0. The highest BCUT2D eigenvalue weighted by Crippen LogP contribution is 2.35. The summed E-state index contributed by atoms with van der Waals surface area (Å²) in [5.41, 5.74) is 1.37. The van der Waals surface area contributed by atoms with Crippen LogP contribution in [0.4, 0.5) is 11.4 Å². The Balaban J connectivity index is 1.37. The lowest BCUT2D eigenvalue weighted by Crippen LogP contribution is -2.29. The van der Waals surface area contributed by atoms with Gasteiger partial charge < -0.3 is 19.5 Å². The quantitative estimate of drug-likeness (QED) is 0.373. The summed E-state index contributed by atoms with van der Waals surface area (Å²) in [7, 11) is 0. The van der Waals surface area contributed by atoms with Crippen molar-refractivity contribution in [2.75, 3.05) is 17.0 Å². The monoisotopic (exact) mass is 444 g/mol. The number of imide groups is 1. The summed E-state index contributed by atoms with van der Waals surface area (Å²) < 4.78 is 15.5. The van der Waals surface area contributed by atoms with Crippen LogP contribution >= 0.6 is 0 Å². The van der Waals surface area contributed by atoms with E-state index in [2.05, 4.69) is 5.32 Å². The number of nitrogens with one attached hydrogen (secondary N) is 1. The number of fused-ring (bicyclic) bond motifs is 2. The molecule has 0 unspecified atom stereocenters. The number of ether oxygens (including phenoxy) is 3. The first-order chi connectivity index (χ1) is 15.9. The molecule has 9 nitrogen and oxygen atoms in total. The van der Waals surface area contributed by atoms with Gasteiger partial charge in [0.05, 0.1) is 16.8 Å². The van der Waals surface area contributed by atoms with Gasteiger partial charge in [0, 0.05) is 24.2 Å². The van der Waals surface area contributed by atoms with Crippen molar-refractivity contribution in [3.63, 3.8) is 0 Å². The molecule has 33 heavy (non-hydrogen) atoms. The van der Waals surface area contributed by atoms with Crippen LogP contribution in [0.1, 0.15) is 38.0 Å². The van der Waals surface area contributed by atoms with E-state index in [4.69, 9.17) is 14.2 Å². The molecule has 0 fully saturated rings. The van der Waals surface area contributed by atoms with Crippen LogP contribution in [0.5, 0.6) is 17.2 Å². The van der Waals surface area contributed by atoms with E-state index in [0.29, 0.717) is 28.6 Å². The summed E-state index contributed by atoms with van der Waals surface area (Å²) in [5, 5.41) is 2.74. The fourth-order valence-corrected chi connectivity index (χ4v) is 3.62. The number of carbonyl (C=O) groups is 4. The maximum Gasteiger partial charge on any atom is 0.308 e. The zero-order chi connectivity index (χ0) is 23.1. The first-order valence-electron chi connectivity index (χ1n) is 9.93. The molecule has 0 aliphatic carbocycles. The molecule has 1 N–H and O–H groups in total. The molecule has 0 atom stereocenters. The average molecular weight is 444 g/mol. The molecule has 0 saturated carbocycles. The van der Waals surface area contributed by atoms with Crippen LogP contribution < -0.4 is 24.4 Å². The summed E-state index contributed by atoms with van der Waals surface area (Å²) in [6.07, 6.45) is 0. The molecule has 3 amide bonds. The number of rotatable bonds is 4. The largest absolute Gasteiger partial charge is 0.454 e. The number of benzene rings is 3. The highest BCUT2D eigenvalue weighted by Gasteiger charge is 2.37. The Morgan fingerprint density at radius 2 is 1.61 bits per heavy atom. The molecule has 3 aromatic carbocycles. The standard InChI is InChI=1S/C24H16N2O7/c1-13(27)33-17-6-4-16(5-7-17)26-23(29)18-8-2-14(10-19(18)24(26)30)22(28)25-15-3-9-20-21(11-15)32-12-31-20/h2-11H,12H2,1H3,(H,25,28). The SMILES string of the molecule is CC(=O)Oc1ccc(N2C(=O)c3ccc(C(=O)Nc4ccc5c(c4)OCO5)cc3C2=O)cc1. The molecule has 5 rings (SSSR count). The normalized spacial score (nSPS) is 13.7. The van der Waals surface area contributed by atoms with Crippen molar-refractivity contribution < 1.29 is 33.4 Å². The second-order valence-electron chi connectivity index (χ2n) is 7.32. The van der Waals surface area contributed by atoms with Crippen molar-refractivity contribution in [3.8, 4) is 17.2 Å². The van der Waals surface area contributed by atoms with Gasteiger partial charge in [0.2, 0.25) is 6.79 Å². The van der Waals surface area contributed by atoms with Crippen LogP contribution in [0, 0.1) is 0 Å². The Kier molecular flexibility index (Phi) is 4.78. The van der Waals surface area contributed by atoms with Crippen LogP contribution in [0.3, 0.4) is 0 Å². The van der Waals surface area contributed by atoms with E-state index in [0.717, 1.165) is 4.90 Å². The van der Waals surface area contributed by atoms with E-state index in [1.54, 1.807) is 18.2 Å². The Morgan fingerprint density at radius 3 is 2.36 bits per heavy atom. The van der Waals surface area contributed by atoms with E-state index in [1.807, 2.05) is 0 Å². The molecule has 0 spiro atoms. The minimum Gasteiger partial charge on any atom is -0.454 e. The van der Waals surface area contributed by atoms with E-state index < -0.39 is 23.7 Å². The smallest absolute Gasteiger partial charge is 0.308 e. The predicted molar refractivity (Wildman–Crippen MR) is 116 cm³/mol. The average Bonchev–Trinajstić information content (AvgIpc) is 3.36. The molecule has 0 saturated heterocycles. The number of nitrogens with zero attached hydrogens (tertiary/aromatic N) is 1. The molecule has 3 aromatic rings. The van der Waals surface area contributed by atoms with E-state index in [9.17, 15) is 19.2 Å². The molecular weight excluding hydrogens is 428 g/mol. The minimum absolute atomic E-state index is 0.122. The second kappa shape index (κ2) is 7.79. The van der Waals surface area contributed by atoms with Gasteiger partial charge in [-0.05, 0) is 54.6 Å². The van der Waals surface area contributed by atoms with Gasteiger partial charge >= 0.3 is 5.97 Å². The molecule has 0 aromatic heterocycles. The van der Waals surface area contributed by atoms with Crippen molar-refractivity contribution in [1.29, 1.82) is 0 Å². The van der Waals surface area contributed by atoms with Gasteiger partial charge in [0.15, 0.2) is 11.5 Å². The summed E-state index contributed by atoms with van der Waals surface area (Å²) in [6.45, 7) is 1.40. The Bertz CT molecular complexity index is 1330. The third-order valence-corrected chi connectivity index (χ3v) is 5.14. The van der Waals surface area contributed by atoms with E-state index in [1.165, 1.54) is 49.4 Å². The lowest BCUT2D eigenvalue weighted by Gasteiger charge is -2.14. The first-order valence-corrected chi connectivity index (χ1v) is 9.93. The molecule has 0 radical (unpaired) electrons. The van der Waals surface area contributed by atoms with Crippen molar-refractivity contribution >= 4 is 35.1 Å². The molecule has 2 heterocycles. The van der Waals surface area contributed by atoms with Gasteiger partial charge in [0.25, 0.3) is 17.7 Å². The van der Waals surface area contributed by atoms with Gasteiger partial charge in [-0.25, -0.2) is 4.90 Å². The highest BCUT2D eigenvalue weighted by atomic mass is 16.7. The number of hydrogen-bond acceptors (Lipinski definition) is 7. The van der Waals surface area contributed by atoms with E-state index >= 15 is 0 Å². The van der Waals surface area contributed by atoms with Crippen LogP contribution in [0.2, 0.25) is 0 Å². The van der Waals surface area contributed by atoms with Crippen LogP contribution in [0.15, 0.2) is 60.7 Å². The second-order valence-corrected chi connectivity index (χ2v) is 7.32.